The summed E-state index contributed by atoms with van der Waals surface area (Å²) in [6.45, 7) is 0. The topological polar surface area (TPSA) is 82.8 Å². The molecule has 2 fully saturated rings. The van der Waals surface area contributed by atoms with Crippen LogP contribution < -0.4 is 5.32 Å². The minimum atomic E-state index is -1.24. The van der Waals surface area contributed by atoms with Crippen molar-refractivity contribution in [3.63, 3.8) is 0 Å². The van der Waals surface area contributed by atoms with Crippen molar-refractivity contribution in [3.05, 3.63) is 24.4 Å². The lowest BCUT2D eigenvalue weighted by Crippen LogP contribution is -2.30. The first kappa shape index (κ1) is 14.7. The third-order valence-electron chi connectivity index (χ3n) is 4.98. The molecular weight excluding hydrogens is 278 g/mol. The van der Waals surface area contributed by atoms with Gasteiger partial charge in [0.15, 0.2) is 11.7 Å². The fraction of sp³-hybridized carbons (Fsp3) is 0.529. The van der Waals surface area contributed by atoms with Crippen LogP contribution in [-0.2, 0) is 9.59 Å². The smallest absolute Gasteiger partial charge is 0.250 e. The predicted octanol–water partition coefficient (Wildman–Crippen LogP) is 2.56. The first-order valence-corrected chi connectivity index (χ1v) is 7.81. The molecule has 114 valence electrons. The summed E-state index contributed by atoms with van der Waals surface area (Å²) in [5, 5.41) is 11.7. The number of anilines is 1. The third kappa shape index (κ3) is 3.01. The van der Waals surface area contributed by atoms with Crippen molar-refractivity contribution in [3.8, 4) is 6.07 Å². The Kier molecular flexibility index (Phi) is 4.19. The number of rotatable bonds is 5. The molecule has 0 aliphatic heterocycles. The van der Waals surface area contributed by atoms with Gasteiger partial charge in [-0.3, -0.25) is 9.59 Å². The number of hydrogen-bond acceptors (Lipinski definition) is 4. The van der Waals surface area contributed by atoms with Gasteiger partial charge in [-0.2, -0.15) is 5.26 Å². The van der Waals surface area contributed by atoms with E-state index in [1.54, 1.807) is 24.4 Å². The second-order valence-electron chi connectivity index (χ2n) is 6.37. The summed E-state index contributed by atoms with van der Waals surface area (Å²) in [4.78, 5) is 28.4. The van der Waals surface area contributed by atoms with E-state index in [1.165, 1.54) is 19.3 Å². The van der Waals surface area contributed by atoms with Crippen LogP contribution in [0.5, 0.6) is 0 Å². The van der Waals surface area contributed by atoms with Gasteiger partial charge in [-0.15, -0.1) is 0 Å². The average Bonchev–Trinajstić information content (AvgIpc) is 3.11. The van der Waals surface area contributed by atoms with E-state index in [2.05, 4.69) is 10.3 Å². The third-order valence-corrected chi connectivity index (χ3v) is 4.98. The summed E-state index contributed by atoms with van der Waals surface area (Å²) in [5.74, 6) is 0.0343. The summed E-state index contributed by atoms with van der Waals surface area (Å²) in [6.07, 6.45) is 6.67. The molecular formula is C17H19N3O2. The van der Waals surface area contributed by atoms with E-state index in [-0.39, 0.29) is 5.78 Å². The Morgan fingerprint density at radius 1 is 1.36 bits per heavy atom. The van der Waals surface area contributed by atoms with Crippen molar-refractivity contribution in [2.75, 3.05) is 5.32 Å². The monoisotopic (exact) mass is 297 g/mol. The molecule has 0 unspecified atom stereocenters. The zero-order valence-electron chi connectivity index (χ0n) is 12.4. The molecule has 1 aromatic heterocycles. The fourth-order valence-corrected chi connectivity index (χ4v) is 3.91. The van der Waals surface area contributed by atoms with E-state index in [0.717, 1.165) is 12.3 Å². The van der Waals surface area contributed by atoms with Gasteiger partial charge in [-0.1, -0.05) is 12.5 Å². The number of nitrogens with one attached hydrogen (secondary N) is 1. The number of pyridine rings is 1. The lowest BCUT2D eigenvalue weighted by molar-refractivity contribution is -0.129. The van der Waals surface area contributed by atoms with Crippen LogP contribution in [0.2, 0.25) is 0 Å². The number of Topliss-reactive ketones (excluding diaryl/α,β-unsaturated/α-hetero) is 1. The summed E-state index contributed by atoms with van der Waals surface area (Å²) in [5.41, 5.74) is 0. The van der Waals surface area contributed by atoms with Crippen LogP contribution in [0.15, 0.2) is 24.4 Å². The minimum Gasteiger partial charge on any atom is -0.309 e. The Morgan fingerprint density at radius 3 is 2.82 bits per heavy atom. The highest BCUT2D eigenvalue weighted by atomic mass is 16.2. The summed E-state index contributed by atoms with van der Waals surface area (Å²) in [7, 11) is 0. The summed E-state index contributed by atoms with van der Waals surface area (Å²) >= 11 is 0. The molecule has 1 heterocycles. The van der Waals surface area contributed by atoms with E-state index in [1.807, 2.05) is 6.07 Å². The standard InChI is InChI=1S/C17H19N3O2/c18-10-14(17(22)20-16-3-1-2-6-19-16)15(21)9-13-8-11-4-5-12(13)7-11/h1-3,6,11-14H,4-5,7-9H2,(H,19,20,22)/t11-,12-,13+,14+/m0/s1. The first-order chi connectivity index (χ1) is 10.7. The molecule has 5 nitrogen and oxygen atoms in total. The lowest BCUT2D eigenvalue weighted by Gasteiger charge is -2.21. The molecule has 0 saturated heterocycles. The maximum atomic E-state index is 12.3. The molecule has 1 N–H and O–H groups in total. The van der Waals surface area contributed by atoms with Crippen LogP contribution in [0.1, 0.15) is 32.1 Å². The van der Waals surface area contributed by atoms with Gasteiger partial charge >= 0.3 is 0 Å². The predicted molar refractivity (Wildman–Crippen MR) is 80.5 cm³/mol. The van der Waals surface area contributed by atoms with Gasteiger partial charge in [0.05, 0.1) is 6.07 Å². The van der Waals surface area contributed by atoms with E-state index >= 15 is 0 Å². The highest BCUT2D eigenvalue weighted by molar-refractivity contribution is 6.09. The highest BCUT2D eigenvalue weighted by Gasteiger charge is 2.41. The number of amides is 1. The average molecular weight is 297 g/mol. The van der Waals surface area contributed by atoms with Gasteiger partial charge in [0.25, 0.3) is 5.91 Å². The molecule has 5 heteroatoms. The van der Waals surface area contributed by atoms with Gasteiger partial charge in [0.1, 0.15) is 5.82 Å². The zero-order chi connectivity index (χ0) is 15.5. The maximum absolute atomic E-state index is 12.3. The van der Waals surface area contributed by atoms with Gasteiger partial charge < -0.3 is 5.32 Å². The van der Waals surface area contributed by atoms with Crippen LogP contribution in [-0.4, -0.2) is 16.7 Å². The van der Waals surface area contributed by atoms with Crippen molar-refractivity contribution >= 4 is 17.5 Å². The number of nitriles is 1. The number of ketones is 1. The van der Waals surface area contributed by atoms with Crippen LogP contribution >= 0.6 is 0 Å². The highest BCUT2D eigenvalue weighted by Crippen LogP contribution is 2.49. The maximum Gasteiger partial charge on any atom is 0.250 e. The normalized spacial score (nSPS) is 27.1. The van der Waals surface area contributed by atoms with E-state index in [4.69, 9.17) is 0 Å². The number of fused-ring (bicyclic) bond motifs is 2. The second kappa shape index (κ2) is 6.27. The van der Waals surface area contributed by atoms with E-state index in [9.17, 15) is 14.9 Å². The molecule has 2 saturated carbocycles. The molecule has 2 aliphatic carbocycles. The largest absolute Gasteiger partial charge is 0.309 e. The molecule has 2 aliphatic rings. The van der Waals surface area contributed by atoms with Crippen LogP contribution in [0.4, 0.5) is 5.82 Å². The van der Waals surface area contributed by atoms with Crippen molar-refractivity contribution in [2.45, 2.75) is 32.1 Å². The Hall–Kier alpha value is -2.22. The Balaban J connectivity index is 1.59. The molecule has 3 rings (SSSR count). The number of nitrogens with zero attached hydrogens (tertiary/aromatic N) is 2. The summed E-state index contributed by atoms with van der Waals surface area (Å²) in [6, 6.07) is 6.95. The Bertz CT molecular complexity index is 608. The number of carbonyl (C=O) groups excluding carboxylic acids is 2. The molecule has 1 aromatic rings. The minimum absolute atomic E-state index is 0.256. The van der Waals surface area contributed by atoms with Crippen LogP contribution in [0, 0.1) is 35.0 Å². The van der Waals surface area contributed by atoms with Crippen molar-refractivity contribution in [2.24, 2.45) is 23.7 Å². The molecule has 0 spiro atoms. The molecule has 0 radical (unpaired) electrons. The van der Waals surface area contributed by atoms with Crippen LogP contribution in [0.3, 0.4) is 0 Å². The fourth-order valence-electron chi connectivity index (χ4n) is 3.91. The van der Waals surface area contributed by atoms with Crippen molar-refractivity contribution < 1.29 is 9.59 Å². The zero-order valence-corrected chi connectivity index (χ0v) is 12.4. The number of hydrogen-bond donors (Lipinski definition) is 1. The quantitative estimate of drug-likeness (QED) is 0.847. The van der Waals surface area contributed by atoms with Gasteiger partial charge in [0, 0.05) is 12.6 Å². The SMILES string of the molecule is N#C[C@H](C(=O)C[C@H]1C[C@H]2CC[C@H]1C2)C(=O)Nc1ccccn1. The Morgan fingerprint density at radius 2 is 2.23 bits per heavy atom. The Labute approximate surface area is 129 Å². The number of carbonyl (C=O) groups is 2. The van der Waals surface area contributed by atoms with Gasteiger partial charge in [0.2, 0.25) is 0 Å². The second-order valence-corrected chi connectivity index (χ2v) is 6.37. The van der Waals surface area contributed by atoms with Crippen molar-refractivity contribution in [1.29, 1.82) is 5.26 Å². The van der Waals surface area contributed by atoms with Crippen LogP contribution in [0.25, 0.3) is 0 Å². The van der Waals surface area contributed by atoms with Crippen molar-refractivity contribution in [1.82, 2.24) is 4.98 Å². The lowest BCUT2D eigenvalue weighted by atomic mass is 9.83. The van der Waals surface area contributed by atoms with Gasteiger partial charge in [-0.25, -0.2) is 4.98 Å². The van der Waals surface area contributed by atoms with E-state index < -0.39 is 11.8 Å². The van der Waals surface area contributed by atoms with E-state index in [0.29, 0.717) is 24.1 Å². The molecule has 4 atom stereocenters. The van der Waals surface area contributed by atoms with Gasteiger partial charge in [-0.05, 0) is 49.1 Å². The molecule has 2 bridgehead atoms. The molecule has 1 amide bonds. The summed E-state index contributed by atoms with van der Waals surface area (Å²) < 4.78 is 0. The molecule has 22 heavy (non-hydrogen) atoms. The first-order valence-electron chi connectivity index (χ1n) is 7.81. The molecule has 0 aromatic carbocycles. The number of aromatic nitrogens is 1.